The van der Waals surface area contributed by atoms with Gasteiger partial charge in [0.15, 0.2) is 0 Å². The number of nitrogens with two attached hydrogens (primary N) is 1. The monoisotopic (exact) mass is 327 g/mol. The molecule has 0 fully saturated rings. The minimum atomic E-state index is 0.0601. The minimum absolute atomic E-state index is 0.0601. The maximum atomic E-state index is 6.37. The molecule has 0 heterocycles. The van der Waals surface area contributed by atoms with Gasteiger partial charge in [-0.1, -0.05) is 61.5 Å². The maximum Gasteiger partial charge on any atom is 0.124 e. The predicted octanol–water partition coefficient (Wildman–Crippen LogP) is 5.06. The van der Waals surface area contributed by atoms with E-state index >= 15 is 0 Å². The van der Waals surface area contributed by atoms with Crippen molar-refractivity contribution in [1.82, 2.24) is 0 Å². The van der Waals surface area contributed by atoms with Gasteiger partial charge >= 0.3 is 0 Å². The quantitative estimate of drug-likeness (QED) is 0.723. The molecular weight excluding hydrogens is 302 g/mol. The van der Waals surface area contributed by atoms with E-state index < -0.39 is 0 Å². The molecule has 0 aromatic heterocycles. The van der Waals surface area contributed by atoms with Crippen LogP contribution >= 0.6 is 15.9 Å². The van der Waals surface area contributed by atoms with E-state index in [0.717, 1.165) is 22.2 Å². The predicted molar refractivity (Wildman–Crippen MR) is 85.5 cm³/mol. The summed E-state index contributed by atoms with van der Waals surface area (Å²) in [4.78, 5) is 0. The van der Waals surface area contributed by atoms with Crippen LogP contribution in [0.4, 0.5) is 0 Å². The molecule has 2 atom stereocenters. The first-order valence-electron chi connectivity index (χ1n) is 7.21. The highest BCUT2D eigenvalue weighted by Gasteiger charge is 2.16. The lowest BCUT2D eigenvalue weighted by Crippen LogP contribution is -2.16. The molecule has 1 rings (SSSR count). The molecule has 0 aliphatic rings. The number of halogens is 1. The number of hydrogen-bond donors (Lipinski definition) is 1. The van der Waals surface area contributed by atoms with Gasteiger partial charge in [-0.2, -0.15) is 0 Å². The van der Waals surface area contributed by atoms with E-state index in [4.69, 9.17) is 10.5 Å². The lowest BCUT2D eigenvalue weighted by molar-refractivity contribution is 0.371. The van der Waals surface area contributed by atoms with Crippen LogP contribution in [0.25, 0.3) is 0 Å². The maximum absolute atomic E-state index is 6.37. The lowest BCUT2D eigenvalue weighted by atomic mass is 9.89. The van der Waals surface area contributed by atoms with Crippen molar-refractivity contribution in [2.24, 2.45) is 11.7 Å². The lowest BCUT2D eigenvalue weighted by Gasteiger charge is -2.21. The summed E-state index contributed by atoms with van der Waals surface area (Å²) < 4.78 is 6.46. The van der Waals surface area contributed by atoms with Gasteiger partial charge in [0.05, 0.1) is 7.11 Å². The Bertz CT molecular complexity index is 381. The van der Waals surface area contributed by atoms with Crippen molar-refractivity contribution in [2.45, 2.75) is 52.0 Å². The zero-order valence-corrected chi connectivity index (χ0v) is 13.9. The molecule has 2 nitrogen and oxygen atoms in total. The minimum Gasteiger partial charge on any atom is -0.496 e. The number of rotatable bonds is 8. The molecule has 3 heteroatoms. The molecule has 0 spiro atoms. The number of hydrogen-bond acceptors (Lipinski definition) is 2. The second-order valence-corrected chi connectivity index (χ2v) is 6.06. The molecular formula is C16H26BrNO. The summed E-state index contributed by atoms with van der Waals surface area (Å²) >= 11 is 3.46. The van der Waals surface area contributed by atoms with Gasteiger partial charge in [0.2, 0.25) is 0 Å². The standard InChI is InChI=1S/C16H26BrNO/c1-4-6-7-12(5-2)10-15(18)14-9-8-13(17)11-16(14)19-3/h8-9,11-12,15H,4-7,10,18H2,1-3H3. The Morgan fingerprint density at radius 2 is 2.05 bits per heavy atom. The van der Waals surface area contributed by atoms with Crippen LogP contribution in [0.2, 0.25) is 0 Å². The van der Waals surface area contributed by atoms with Crippen molar-refractivity contribution >= 4 is 15.9 Å². The third-order valence-corrected chi connectivity index (χ3v) is 4.22. The van der Waals surface area contributed by atoms with Crippen LogP contribution in [0.5, 0.6) is 5.75 Å². The van der Waals surface area contributed by atoms with E-state index in [1.54, 1.807) is 7.11 Å². The van der Waals surface area contributed by atoms with Crippen LogP contribution in [0.15, 0.2) is 22.7 Å². The molecule has 1 aromatic rings. The molecule has 19 heavy (non-hydrogen) atoms. The normalized spacial score (nSPS) is 14.2. The molecule has 0 saturated heterocycles. The van der Waals surface area contributed by atoms with Crippen LogP contribution in [0.1, 0.15) is 57.6 Å². The van der Waals surface area contributed by atoms with Gasteiger partial charge in [0, 0.05) is 16.1 Å². The zero-order valence-electron chi connectivity index (χ0n) is 12.3. The average molecular weight is 328 g/mol. The highest BCUT2D eigenvalue weighted by Crippen LogP contribution is 2.32. The Morgan fingerprint density at radius 1 is 1.32 bits per heavy atom. The molecule has 0 saturated carbocycles. The SMILES string of the molecule is CCCCC(CC)CC(N)c1ccc(Br)cc1OC. The second-order valence-electron chi connectivity index (χ2n) is 5.14. The van der Waals surface area contributed by atoms with Crippen molar-refractivity contribution < 1.29 is 4.74 Å². The van der Waals surface area contributed by atoms with E-state index in [9.17, 15) is 0 Å². The van der Waals surface area contributed by atoms with E-state index in [1.165, 1.54) is 25.7 Å². The van der Waals surface area contributed by atoms with Crippen molar-refractivity contribution in [3.63, 3.8) is 0 Å². The van der Waals surface area contributed by atoms with Crippen molar-refractivity contribution in [3.8, 4) is 5.75 Å². The van der Waals surface area contributed by atoms with Gasteiger partial charge in [0.1, 0.15) is 5.75 Å². The Hall–Kier alpha value is -0.540. The van der Waals surface area contributed by atoms with Crippen LogP contribution in [-0.4, -0.2) is 7.11 Å². The Kier molecular flexibility index (Phi) is 7.47. The summed E-state index contributed by atoms with van der Waals surface area (Å²) in [5.74, 6) is 1.59. The summed E-state index contributed by atoms with van der Waals surface area (Å²) in [6.45, 7) is 4.50. The molecule has 108 valence electrons. The zero-order chi connectivity index (χ0) is 14.3. The van der Waals surface area contributed by atoms with Crippen molar-refractivity contribution in [3.05, 3.63) is 28.2 Å². The number of benzene rings is 1. The van der Waals surface area contributed by atoms with E-state index in [-0.39, 0.29) is 6.04 Å². The van der Waals surface area contributed by atoms with Crippen molar-refractivity contribution in [1.29, 1.82) is 0 Å². The molecule has 1 aromatic carbocycles. The molecule has 0 radical (unpaired) electrons. The van der Waals surface area contributed by atoms with Gasteiger partial charge < -0.3 is 10.5 Å². The Balaban J connectivity index is 2.73. The topological polar surface area (TPSA) is 35.2 Å². The van der Waals surface area contributed by atoms with Gasteiger partial charge in [-0.05, 0) is 24.5 Å². The first-order chi connectivity index (χ1) is 9.12. The molecule has 2 N–H and O–H groups in total. The third-order valence-electron chi connectivity index (χ3n) is 3.73. The summed E-state index contributed by atoms with van der Waals surface area (Å²) in [7, 11) is 1.70. The smallest absolute Gasteiger partial charge is 0.124 e. The van der Waals surface area contributed by atoms with Gasteiger partial charge in [-0.15, -0.1) is 0 Å². The summed E-state index contributed by atoms with van der Waals surface area (Å²) in [6, 6.07) is 6.15. The number of methoxy groups -OCH3 is 1. The fourth-order valence-corrected chi connectivity index (χ4v) is 2.80. The Labute approximate surface area is 125 Å². The third kappa shape index (κ3) is 5.15. The molecule has 0 aliphatic heterocycles. The first-order valence-corrected chi connectivity index (χ1v) is 8.00. The van der Waals surface area contributed by atoms with E-state index in [2.05, 4.69) is 35.8 Å². The fourth-order valence-electron chi connectivity index (χ4n) is 2.46. The summed E-state index contributed by atoms with van der Waals surface area (Å²) in [5.41, 5.74) is 7.49. The van der Waals surface area contributed by atoms with Gasteiger partial charge in [0.25, 0.3) is 0 Å². The Morgan fingerprint density at radius 3 is 2.63 bits per heavy atom. The number of unbranched alkanes of at least 4 members (excludes halogenated alkanes) is 1. The van der Waals surface area contributed by atoms with Crippen LogP contribution < -0.4 is 10.5 Å². The molecule has 2 unspecified atom stereocenters. The van der Waals surface area contributed by atoms with Crippen molar-refractivity contribution in [2.75, 3.05) is 7.11 Å². The van der Waals surface area contributed by atoms with Gasteiger partial charge in [-0.25, -0.2) is 0 Å². The first kappa shape index (κ1) is 16.5. The highest BCUT2D eigenvalue weighted by molar-refractivity contribution is 9.10. The number of ether oxygens (including phenoxy) is 1. The molecule has 0 amide bonds. The average Bonchev–Trinajstić information content (AvgIpc) is 2.42. The second kappa shape index (κ2) is 8.60. The fraction of sp³-hybridized carbons (Fsp3) is 0.625. The molecule has 0 bridgehead atoms. The summed E-state index contributed by atoms with van der Waals surface area (Å²) in [6.07, 6.45) is 6.07. The van der Waals surface area contributed by atoms with Crippen LogP contribution in [0.3, 0.4) is 0 Å². The summed E-state index contributed by atoms with van der Waals surface area (Å²) in [5, 5.41) is 0. The van der Waals surface area contributed by atoms with Gasteiger partial charge in [-0.3, -0.25) is 0 Å². The van der Waals surface area contributed by atoms with E-state index in [0.29, 0.717) is 5.92 Å². The highest BCUT2D eigenvalue weighted by atomic mass is 79.9. The van der Waals surface area contributed by atoms with Crippen LogP contribution in [0, 0.1) is 5.92 Å². The molecule has 0 aliphatic carbocycles. The van der Waals surface area contributed by atoms with E-state index in [1.807, 2.05) is 12.1 Å². The van der Waals surface area contributed by atoms with Crippen LogP contribution in [-0.2, 0) is 0 Å². The largest absolute Gasteiger partial charge is 0.496 e.